The molecule has 0 atom stereocenters. The molecule has 10 heteroatoms. The van der Waals surface area contributed by atoms with Gasteiger partial charge >= 0.3 is 0 Å². The van der Waals surface area contributed by atoms with Crippen molar-refractivity contribution in [2.75, 3.05) is 37.6 Å². The van der Waals surface area contributed by atoms with E-state index in [1.807, 2.05) is 48.5 Å². The molecule has 1 N–H and O–H groups in total. The predicted octanol–water partition coefficient (Wildman–Crippen LogP) is 1.32. The number of anilines is 1. The molecule has 1 aliphatic heterocycles. The molecule has 0 spiro atoms. The Bertz CT molecular complexity index is 1030. The highest BCUT2D eigenvalue weighted by molar-refractivity contribution is 6.30. The number of hydrogen-bond acceptors (Lipinski definition) is 6. The van der Waals surface area contributed by atoms with Crippen molar-refractivity contribution in [3.63, 3.8) is 0 Å². The van der Waals surface area contributed by atoms with Gasteiger partial charge in [0.05, 0.1) is 18.7 Å². The van der Waals surface area contributed by atoms with Crippen molar-refractivity contribution in [2.45, 2.75) is 6.42 Å². The average molecular weight is 440 g/mol. The van der Waals surface area contributed by atoms with Crippen LogP contribution in [0, 0.1) is 0 Å². The van der Waals surface area contributed by atoms with E-state index in [1.165, 1.54) is 11.0 Å². The molecule has 9 nitrogen and oxygen atoms in total. The van der Waals surface area contributed by atoms with Crippen molar-refractivity contribution < 1.29 is 9.59 Å². The summed E-state index contributed by atoms with van der Waals surface area (Å²) in [6.07, 6.45) is 1.70. The highest BCUT2D eigenvalue weighted by Crippen LogP contribution is 2.20. The predicted molar refractivity (Wildman–Crippen MR) is 116 cm³/mol. The van der Waals surface area contributed by atoms with Gasteiger partial charge in [0.1, 0.15) is 6.33 Å². The van der Waals surface area contributed by atoms with Gasteiger partial charge in [-0.2, -0.15) is 0 Å². The fourth-order valence-corrected chi connectivity index (χ4v) is 3.65. The van der Waals surface area contributed by atoms with E-state index in [2.05, 4.69) is 25.7 Å². The van der Waals surface area contributed by atoms with Gasteiger partial charge in [0.25, 0.3) is 0 Å². The zero-order valence-corrected chi connectivity index (χ0v) is 17.6. The molecular weight excluding hydrogens is 418 g/mol. The number of hydrogen-bond donors (Lipinski definition) is 1. The number of tetrazole rings is 1. The maximum Gasteiger partial charge on any atom is 0.242 e. The van der Waals surface area contributed by atoms with Crippen molar-refractivity contribution in [1.82, 2.24) is 30.4 Å². The molecule has 0 unspecified atom stereocenters. The molecule has 0 bridgehead atoms. The second kappa shape index (κ2) is 9.57. The molecule has 2 aromatic carbocycles. The summed E-state index contributed by atoms with van der Waals surface area (Å²) in [5.74, 6) is -0.269. The Morgan fingerprint density at radius 2 is 1.77 bits per heavy atom. The van der Waals surface area contributed by atoms with Crippen molar-refractivity contribution in [1.29, 1.82) is 0 Å². The maximum absolute atomic E-state index is 12.5. The molecular formula is C21H22ClN7O2. The molecule has 1 aliphatic rings. The lowest BCUT2D eigenvalue weighted by atomic mass is 10.1. The molecule has 1 fully saturated rings. The number of halogens is 1. The van der Waals surface area contributed by atoms with Gasteiger partial charge in [0.15, 0.2) is 0 Å². The largest absolute Gasteiger partial charge is 0.368 e. The van der Waals surface area contributed by atoms with Gasteiger partial charge in [0.2, 0.25) is 11.8 Å². The Morgan fingerprint density at radius 1 is 1.00 bits per heavy atom. The van der Waals surface area contributed by atoms with Crippen molar-refractivity contribution >= 4 is 29.1 Å². The van der Waals surface area contributed by atoms with Crippen LogP contribution in [-0.2, 0) is 16.0 Å². The Kier molecular flexibility index (Phi) is 6.42. The van der Waals surface area contributed by atoms with Crippen LogP contribution in [0.2, 0.25) is 5.02 Å². The number of piperazine rings is 1. The van der Waals surface area contributed by atoms with Crippen LogP contribution in [-0.4, -0.2) is 69.6 Å². The minimum absolute atomic E-state index is 0.00128. The average Bonchev–Trinajstić information content (AvgIpc) is 3.33. The quantitative estimate of drug-likeness (QED) is 0.622. The van der Waals surface area contributed by atoms with Crippen LogP contribution in [0.25, 0.3) is 5.69 Å². The summed E-state index contributed by atoms with van der Waals surface area (Å²) < 4.78 is 1.54. The summed E-state index contributed by atoms with van der Waals surface area (Å²) in [6.45, 7) is 2.68. The Labute approximate surface area is 184 Å². The van der Waals surface area contributed by atoms with E-state index in [-0.39, 0.29) is 24.8 Å². The van der Waals surface area contributed by atoms with Crippen LogP contribution in [0.1, 0.15) is 5.56 Å². The van der Waals surface area contributed by atoms with Crippen LogP contribution in [0.4, 0.5) is 5.69 Å². The zero-order valence-electron chi connectivity index (χ0n) is 16.8. The zero-order chi connectivity index (χ0) is 21.6. The molecule has 1 saturated heterocycles. The van der Waals surface area contributed by atoms with Gasteiger partial charge in [-0.15, -0.1) is 5.10 Å². The number of carbonyl (C=O) groups excluding carboxylic acids is 2. The first kappa shape index (κ1) is 20.8. The van der Waals surface area contributed by atoms with E-state index < -0.39 is 0 Å². The summed E-state index contributed by atoms with van der Waals surface area (Å²) >= 11 is 6.06. The van der Waals surface area contributed by atoms with Crippen LogP contribution in [0.15, 0.2) is 54.9 Å². The number of rotatable bonds is 6. The minimum atomic E-state index is -0.193. The van der Waals surface area contributed by atoms with Crippen LogP contribution in [0.5, 0.6) is 0 Å². The highest BCUT2D eigenvalue weighted by Gasteiger charge is 2.21. The standard InChI is InChI=1S/C21H22ClN7O2/c22-17-2-1-3-19(13-17)27-8-10-28(11-9-27)21(31)14-23-20(30)12-16-4-6-18(7-5-16)29-15-24-25-26-29/h1-7,13,15H,8-12,14H2,(H,23,30). The molecule has 2 heterocycles. The first-order valence-corrected chi connectivity index (χ1v) is 10.3. The van der Waals surface area contributed by atoms with Crippen LogP contribution in [0.3, 0.4) is 0 Å². The van der Waals surface area contributed by atoms with E-state index in [0.29, 0.717) is 18.1 Å². The molecule has 31 heavy (non-hydrogen) atoms. The fourth-order valence-electron chi connectivity index (χ4n) is 3.47. The van der Waals surface area contributed by atoms with Crippen molar-refractivity contribution in [3.8, 4) is 5.69 Å². The Morgan fingerprint density at radius 3 is 2.45 bits per heavy atom. The second-order valence-corrected chi connectivity index (χ2v) is 7.66. The molecule has 2 amide bonds. The van der Waals surface area contributed by atoms with Gasteiger partial charge in [-0.1, -0.05) is 29.8 Å². The summed E-state index contributed by atoms with van der Waals surface area (Å²) in [5.41, 5.74) is 2.71. The van der Waals surface area contributed by atoms with Gasteiger partial charge in [-0.25, -0.2) is 4.68 Å². The number of carbonyl (C=O) groups is 2. The second-order valence-electron chi connectivity index (χ2n) is 7.22. The minimum Gasteiger partial charge on any atom is -0.368 e. The van der Waals surface area contributed by atoms with Gasteiger partial charge in [-0.3, -0.25) is 9.59 Å². The molecule has 160 valence electrons. The smallest absolute Gasteiger partial charge is 0.242 e. The van der Waals surface area contributed by atoms with Gasteiger partial charge in [0, 0.05) is 36.9 Å². The fraction of sp³-hybridized carbons (Fsp3) is 0.286. The summed E-state index contributed by atoms with van der Waals surface area (Å²) in [4.78, 5) is 28.7. The third-order valence-electron chi connectivity index (χ3n) is 5.16. The monoisotopic (exact) mass is 439 g/mol. The van der Waals surface area contributed by atoms with Gasteiger partial charge in [-0.05, 0) is 46.3 Å². The van der Waals surface area contributed by atoms with Crippen LogP contribution >= 0.6 is 11.6 Å². The lowest BCUT2D eigenvalue weighted by Gasteiger charge is -2.36. The molecule has 1 aromatic heterocycles. The first-order valence-electron chi connectivity index (χ1n) is 9.96. The Hall–Kier alpha value is -3.46. The van der Waals surface area contributed by atoms with E-state index in [0.717, 1.165) is 30.0 Å². The Balaban J connectivity index is 1.21. The normalized spacial score (nSPS) is 13.8. The number of amides is 2. The van der Waals surface area contributed by atoms with E-state index in [4.69, 9.17) is 11.6 Å². The third-order valence-corrected chi connectivity index (χ3v) is 5.39. The van der Waals surface area contributed by atoms with Crippen molar-refractivity contribution in [3.05, 3.63) is 65.4 Å². The number of nitrogens with zero attached hydrogens (tertiary/aromatic N) is 6. The number of nitrogens with one attached hydrogen (secondary N) is 1. The molecule has 0 aliphatic carbocycles. The third kappa shape index (κ3) is 5.37. The lowest BCUT2D eigenvalue weighted by Crippen LogP contribution is -2.51. The number of benzene rings is 2. The van der Waals surface area contributed by atoms with E-state index in [9.17, 15) is 9.59 Å². The summed E-state index contributed by atoms with van der Waals surface area (Å²) in [7, 11) is 0. The summed E-state index contributed by atoms with van der Waals surface area (Å²) in [6, 6.07) is 15.1. The summed E-state index contributed by atoms with van der Waals surface area (Å²) in [5, 5.41) is 14.4. The van der Waals surface area contributed by atoms with E-state index >= 15 is 0 Å². The first-order chi connectivity index (χ1) is 15.1. The maximum atomic E-state index is 12.5. The van der Waals surface area contributed by atoms with E-state index in [1.54, 1.807) is 4.90 Å². The number of aromatic nitrogens is 4. The SMILES string of the molecule is O=C(Cc1ccc(-n2cnnn2)cc1)NCC(=O)N1CCN(c2cccc(Cl)c2)CC1. The van der Waals surface area contributed by atoms with Crippen LogP contribution < -0.4 is 10.2 Å². The molecule has 3 aromatic rings. The molecule has 4 rings (SSSR count). The molecule has 0 radical (unpaired) electrons. The van der Waals surface area contributed by atoms with Crippen molar-refractivity contribution in [2.24, 2.45) is 0 Å². The van der Waals surface area contributed by atoms with Gasteiger partial charge < -0.3 is 15.1 Å². The topological polar surface area (TPSA) is 96.2 Å². The highest BCUT2D eigenvalue weighted by atomic mass is 35.5. The lowest BCUT2D eigenvalue weighted by molar-refractivity contribution is -0.133. The molecule has 0 saturated carbocycles.